The second-order valence-corrected chi connectivity index (χ2v) is 14.1. The van der Waals surface area contributed by atoms with Crippen LogP contribution >= 0.6 is 0 Å². The molecule has 242 valence electrons. The van der Waals surface area contributed by atoms with Crippen LogP contribution in [0.25, 0.3) is 0 Å². The number of nitrogens with zero attached hydrogens (tertiary/aromatic N) is 1. The average Bonchev–Trinajstić information content (AvgIpc) is 3.16. The summed E-state index contributed by atoms with van der Waals surface area (Å²) < 4.78 is 23.4. The van der Waals surface area contributed by atoms with E-state index >= 15 is 0 Å². The van der Waals surface area contributed by atoms with Gasteiger partial charge >= 0.3 is 18.0 Å². The highest BCUT2D eigenvalue weighted by molar-refractivity contribution is 5.95. The Morgan fingerprint density at radius 3 is 2.29 bits per heavy atom. The van der Waals surface area contributed by atoms with Crippen LogP contribution in [0, 0.1) is 10.8 Å². The zero-order chi connectivity index (χ0) is 32.6. The van der Waals surface area contributed by atoms with Gasteiger partial charge in [0, 0.05) is 24.1 Å². The first-order chi connectivity index (χ1) is 21.1. The summed E-state index contributed by atoms with van der Waals surface area (Å²) in [7, 11) is 0. The summed E-state index contributed by atoms with van der Waals surface area (Å²) >= 11 is 0. The van der Waals surface area contributed by atoms with Crippen LogP contribution in [0.4, 0.5) is 4.79 Å². The lowest BCUT2D eigenvalue weighted by Gasteiger charge is -2.37. The lowest BCUT2D eigenvalue weighted by molar-refractivity contribution is -0.188. The average molecular weight is 621 g/mol. The Kier molecular flexibility index (Phi) is 8.63. The van der Waals surface area contributed by atoms with Gasteiger partial charge in [0.15, 0.2) is 0 Å². The number of hydrogen-bond acceptors (Lipinski definition) is 8. The number of rotatable bonds is 7. The Morgan fingerprint density at radius 1 is 1.00 bits per heavy atom. The van der Waals surface area contributed by atoms with Crippen LogP contribution < -0.4 is 10.1 Å². The Morgan fingerprint density at radius 2 is 1.69 bits per heavy atom. The molecule has 3 fully saturated rings. The molecular weight excluding hydrogens is 576 g/mol. The van der Waals surface area contributed by atoms with Gasteiger partial charge in [-0.05, 0) is 83.2 Å². The van der Waals surface area contributed by atoms with Gasteiger partial charge in [-0.3, -0.25) is 9.59 Å². The third-order valence-electron chi connectivity index (χ3n) is 9.79. The summed E-state index contributed by atoms with van der Waals surface area (Å²) in [6.07, 6.45) is 0.530. The summed E-state index contributed by atoms with van der Waals surface area (Å²) in [4.78, 5) is 54.8. The molecule has 2 heterocycles. The fourth-order valence-electron chi connectivity index (χ4n) is 6.53. The lowest BCUT2D eigenvalue weighted by atomic mass is 9.66. The van der Waals surface area contributed by atoms with Crippen LogP contribution in [0.2, 0.25) is 0 Å². The molecule has 2 bridgehead atoms. The lowest BCUT2D eigenvalue weighted by Crippen LogP contribution is -2.55. The monoisotopic (exact) mass is 620 g/mol. The molecule has 2 aromatic carbocycles. The summed E-state index contributed by atoms with van der Waals surface area (Å²) in [6, 6.07) is 15.8. The maximum atomic E-state index is 13.9. The molecule has 45 heavy (non-hydrogen) atoms. The first-order valence-corrected chi connectivity index (χ1v) is 15.7. The maximum Gasteiger partial charge on any atom is 0.410 e. The fraction of sp³-hybridized carbons (Fsp3) is 0.543. The second kappa shape index (κ2) is 12.0. The van der Waals surface area contributed by atoms with E-state index in [9.17, 15) is 19.2 Å². The van der Waals surface area contributed by atoms with E-state index in [-0.39, 0.29) is 12.5 Å². The number of likely N-dealkylation sites (tertiary alicyclic amines) is 1. The highest BCUT2D eigenvalue weighted by Crippen LogP contribution is 2.65. The molecule has 2 aliphatic heterocycles. The Labute approximate surface area is 264 Å². The number of benzene rings is 2. The van der Waals surface area contributed by atoms with Crippen molar-refractivity contribution < 1.29 is 38.1 Å². The van der Waals surface area contributed by atoms with Crippen molar-refractivity contribution >= 4 is 23.9 Å². The molecular formula is C35H44N2O8. The van der Waals surface area contributed by atoms with Crippen molar-refractivity contribution in [3.05, 3.63) is 65.7 Å². The van der Waals surface area contributed by atoms with Gasteiger partial charge in [-0.2, -0.15) is 0 Å². The zero-order valence-corrected chi connectivity index (χ0v) is 27.0. The molecule has 0 unspecified atom stereocenters. The number of amides is 2. The highest BCUT2D eigenvalue weighted by Gasteiger charge is 2.76. The molecule has 2 saturated heterocycles. The molecule has 10 nitrogen and oxygen atoms in total. The molecule has 5 rings (SSSR count). The summed E-state index contributed by atoms with van der Waals surface area (Å²) in [5.41, 5.74) is -2.25. The number of ether oxygens (including phenoxy) is 4. The van der Waals surface area contributed by atoms with Crippen LogP contribution in [0.5, 0.6) is 5.75 Å². The van der Waals surface area contributed by atoms with Crippen molar-refractivity contribution in [3.63, 3.8) is 0 Å². The van der Waals surface area contributed by atoms with E-state index in [4.69, 9.17) is 18.9 Å². The van der Waals surface area contributed by atoms with Gasteiger partial charge in [0.1, 0.15) is 24.1 Å². The molecule has 0 radical (unpaired) electrons. The van der Waals surface area contributed by atoms with E-state index < -0.39 is 52.2 Å². The van der Waals surface area contributed by atoms with Crippen molar-refractivity contribution in [1.82, 2.24) is 10.2 Å². The van der Waals surface area contributed by atoms with Crippen LogP contribution in [0.15, 0.2) is 54.6 Å². The number of esters is 2. The largest absolute Gasteiger partial charge is 0.489 e. The number of fused-ring (bicyclic) bond motifs is 2. The fourth-order valence-corrected chi connectivity index (χ4v) is 6.53. The smallest absolute Gasteiger partial charge is 0.410 e. The third kappa shape index (κ3) is 6.24. The normalized spacial score (nSPS) is 27.2. The van der Waals surface area contributed by atoms with Gasteiger partial charge in [0.05, 0.1) is 11.5 Å². The molecule has 10 heteroatoms. The van der Waals surface area contributed by atoms with Crippen LogP contribution in [-0.2, 0) is 30.4 Å². The van der Waals surface area contributed by atoms with Crippen LogP contribution in [0.3, 0.4) is 0 Å². The molecule has 0 aromatic heterocycles. The first kappa shape index (κ1) is 32.3. The minimum absolute atomic E-state index is 0.0742. The van der Waals surface area contributed by atoms with Gasteiger partial charge in [-0.15, -0.1) is 0 Å². The topological polar surface area (TPSA) is 120 Å². The Hall–Kier alpha value is -4.08. The van der Waals surface area contributed by atoms with E-state index in [0.717, 1.165) is 5.56 Å². The SMILES string of the molecule is CC(C)(C)OC(=O)N1CCC[C@@H](OC(=O)[C@@]23CC[C@@](C)(C(=O)O2)C3(C)C)[C@H](NC(=O)c2ccc(OCc3ccccc3)cc2)C1. The Bertz CT molecular complexity index is 1430. The predicted molar refractivity (Wildman–Crippen MR) is 165 cm³/mol. The third-order valence-corrected chi connectivity index (χ3v) is 9.79. The van der Waals surface area contributed by atoms with Crippen molar-refractivity contribution in [2.45, 2.75) is 97.2 Å². The highest BCUT2D eigenvalue weighted by atomic mass is 16.6. The van der Waals surface area contributed by atoms with E-state index in [1.54, 1.807) is 45.0 Å². The molecule has 4 atom stereocenters. The van der Waals surface area contributed by atoms with Crippen molar-refractivity contribution in [3.8, 4) is 5.75 Å². The number of hydrogen-bond donors (Lipinski definition) is 1. The molecule has 1 aliphatic carbocycles. The van der Waals surface area contributed by atoms with Crippen molar-refractivity contribution in [2.75, 3.05) is 13.1 Å². The van der Waals surface area contributed by atoms with Crippen molar-refractivity contribution in [2.24, 2.45) is 10.8 Å². The maximum absolute atomic E-state index is 13.9. The van der Waals surface area contributed by atoms with Gasteiger partial charge in [0.25, 0.3) is 5.91 Å². The number of carbonyl (C=O) groups excluding carboxylic acids is 4. The molecule has 0 spiro atoms. The standard InChI is InChI=1S/C35H44N2O8/c1-32(2,3)45-31(41)37-20-10-13-27(43-30(40)35-19-18-34(6,29(39)44-35)33(35,4)5)26(21-37)36-28(38)24-14-16-25(17-15-24)42-22-23-11-8-7-9-12-23/h7-9,11-12,14-17,26-27H,10,13,18-22H2,1-6H3,(H,36,38)/t26-,27-,34+,35-/m1/s1. The minimum atomic E-state index is -1.40. The molecule has 3 aliphatic rings. The number of carbonyl (C=O) groups is 4. The second-order valence-electron chi connectivity index (χ2n) is 14.1. The molecule has 2 amide bonds. The van der Waals surface area contributed by atoms with Gasteiger partial charge in [-0.25, -0.2) is 9.59 Å². The van der Waals surface area contributed by atoms with Gasteiger partial charge in [-0.1, -0.05) is 44.2 Å². The van der Waals surface area contributed by atoms with E-state index in [1.807, 2.05) is 51.1 Å². The van der Waals surface area contributed by atoms with E-state index in [2.05, 4.69) is 5.32 Å². The zero-order valence-electron chi connectivity index (χ0n) is 27.0. The van der Waals surface area contributed by atoms with Crippen molar-refractivity contribution in [1.29, 1.82) is 0 Å². The Balaban J connectivity index is 1.33. The number of nitrogens with one attached hydrogen (secondary N) is 1. The summed E-state index contributed by atoms with van der Waals surface area (Å²) in [5, 5.41) is 3.01. The molecule has 1 saturated carbocycles. The molecule has 1 N–H and O–H groups in total. The van der Waals surface area contributed by atoms with E-state index in [1.165, 1.54) is 4.90 Å². The van der Waals surface area contributed by atoms with Gasteiger partial charge in [0.2, 0.25) is 5.60 Å². The first-order valence-electron chi connectivity index (χ1n) is 15.7. The van der Waals surface area contributed by atoms with Crippen LogP contribution in [0.1, 0.15) is 83.1 Å². The predicted octanol–water partition coefficient (Wildman–Crippen LogP) is 5.43. The van der Waals surface area contributed by atoms with Crippen LogP contribution in [-0.4, -0.2) is 65.3 Å². The summed E-state index contributed by atoms with van der Waals surface area (Å²) in [6.45, 7) is 11.8. The molecule has 2 aromatic rings. The van der Waals surface area contributed by atoms with Gasteiger partial charge < -0.3 is 29.2 Å². The minimum Gasteiger partial charge on any atom is -0.489 e. The summed E-state index contributed by atoms with van der Waals surface area (Å²) in [5.74, 6) is -0.782. The van der Waals surface area contributed by atoms with E-state index in [0.29, 0.717) is 50.1 Å². The quantitative estimate of drug-likeness (QED) is 0.322.